The summed E-state index contributed by atoms with van der Waals surface area (Å²) >= 11 is 0. The van der Waals surface area contributed by atoms with E-state index in [1.807, 2.05) is 37.3 Å². The van der Waals surface area contributed by atoms with Crippen LogP contribution in [0.5, 0.6) is 5.75 Å². The molecule has 0 aliphatic heterocycles. The molecule has 0 saturated heterocycles. The van der Waals surface area contributed by atoms with Crippen molar-refractivity contribution in [3.8, 4) is 5.75 Å². The van der Waals surface area contributed by atoms with Crippen molar-refractivity contribution in [1.82, 2.24) is 14.9 Å². The maximum absolute atomic E-state index is 12.4. The van der Waals surface area contributed by atoms with Gasteiger partial charge in [0.1, 0.15) is 11.4 Å². The lowest BCUT2D eigenvalue weighted by atomic mass is 10.1. The van der Waals surface area contributed by atoms with Gasteiger partial charge in [0.05, 0.1) is 7.11 Å². The van der Waals surface area contributed by atoms with Crippen LogP contribution in [-0.2, 0) is 6.54 Å². The molecule has 0 spiro atoms. The fourth-order valence-electron chi connectivity index (χ4n) is 2.77. The number of carbonyl (C=O) groups is 1. The number of aromatic nitrogens is 2. The van der Waals surface area contributed by atoms with Gasteiger partial charge in [0.2, 0.25) is 0 Å². The van der Waals surface area contributed by atoms with Crippen LogP contribution in [0.15, 0.2) is 53.5 Å². The summed E-state index contributed by atoms with van der Waals surface area (Å²) in [6.45, 7) is 2.54. The van der Waals surface area contributed by atoms with Crippen molar-refractivity contribution in [3.63, 3.8) is 0 Å². The summed E-state index contributed by atoms with van der Waals surface area (Å²) in [4.78, 5) is 28.7. The molecule has 6 heteroatoms. The highest BCUT2D eigenvalue weighted by atomic mass is 16.5. The van der Waals surface area contributed by atoms with Crippen LogP contribution in [0, 0.1) is 6.92 Å². The molecular formula is C19H19N3O3. The molecule has 0 radical (unpaired) electrons. The molecular weight excluding hydrogens is 318 g/mol. The summed E-state index contributed by atoms with van der Waals surface area (Å²) in [6.07, 6.45) is 1.62. The molecule has 1 aromatic carbocycles. The summed E-state index contributed by atoms with van der Waals surface area (Å²) in [5, 5.41) is 4.60. The van der Waals surface area contributed by atoms with Crippen molar-refractivity contribution < 1.29 is 9.53 Å². The number of methoxy groups -OCH3 is 1. The minimum Gasteiger partial charge on any atom is -0.496 e. The zero-order valence-corrected chi connectivity index (χ0v) is 14.2. The highest BCUT2D eigenvalue weighted by molar-refractivity contribution is 6.05. The molecule has 2 aromatic heterocycles. The van der Waals surface area contributed by atoms with Crippen LogP contribution in [0.4, 0.5) is 0 Å². The molecule has 3 rings (SSSR count). The third-order valence-corrected chi connectivity index (χ3v) is 4.05. The second-order valence-corrected chi connectivity index (χ2v) is 5.66. The highest BCUT2D eigenvalue weighted by Gasteiger charge is 2.11. The van der Waals surface area contributed by atoms with Gasteiger partial charge in [0.25, 0.3) is 11.5 Å². The van der Waals surface area contributed by atoms with Crippen LogP contribution >= 0.6 is 0 Å². The lowest BCUT2D eigenvalue weighted by molar-refractivity contribution is 0.0949. The summed E-state index contributed by atoms with van der Waals surface area (Å²) in [7, 11) is 1.52. The Hall–Kier alpha value is -3.15. The van der Waals surface area contributed by atoms with Gasteiger partial charge in [-0.3, -0.25) is 14.6 Å². The summed E-state index contributed by atoms with van der Waals surface area (Å²) in [5.41, 5.74) is 1.01. The smallest absolute Gasteiger partial charge is 0.270 e. The van der Waals surface area contributed by atoms with Gasteiger partial charge in [-0.25, -0.2) is 0 Å². The average Bonchev–Trinajstić information content (AvgIpc) is 2.63. The first-order chi connectivity index (χ1) is 12.1. The van der Waals surface area contributed by atoms with Crippen LogP contribution in [0.25, 0.3) is 10.8 Å². The lowest BCUT2D eigenvalue weighted by Gasteiger charge is -2.12. The van der Waals surface area contributed by atoms with Gasteiger partial charge in [0.15, 0.2) is 0 Å². The highest BCUT2D eigenvalue weighted by Crippen LogP contribution is 2.16. The molecule has 0 aliphatic rings. The van der Waals surface area contributed by atoms with E-state index >= 15 is 0 Å². The Morgan fingerprint density at radius 1 is 1.24 bits per heavy atom. The maximum atomic E-state index is 12.4. The molecule has 1 N–H and O–H groups in total. The van der Waals surface area contributed by atoms with Crippen molar-refractivity contribution in [3.05, 3.63) is 70.4 Å². The summed E-state index contributed by atoms with van der Waals surface area (Å²) < 4.78 is 6.68. The number of nitrogens with zero attached hydrogens (tertiary/aromatic N) is 2. The fourth-order valence-corrected chi connectivity index (χ4v) is 2.77. The second kappa shape index (κ2) is 7.17. The Balaban J connectivity index is 1.72. The van der Waals surface area contributed by atoms with Crippen LogP contribution in [0.2, 0.25) is 0 Å². The Labute approximate surface area is 145 Å². The van der Waals surface area contributed by atoms with E-state index in [1.54, 1.807) is 16.8 Å². The zero-order valence-electron chi connectivity index (χ0n) is 14.2. The number of rotatable bonds is 5. The average molecular weight is 337 g/mol. The Morgan fingerprint density at radius 2 is 2.04 bits per heavy atom. The summed E-state index contributed by atoms with van der Waals surface area (Å²) in [6, 6.07) is 12.7. The number of amides is 1. The predicted octanol–water partition coefficient (Wildman–Crippen LogP) is 2.14. The van der Waals surface area contributed by atoms with Gasteiger partial charge in [0, 0.05) is 36.4 Å². The number of ether oxygens (including phenoxy) is 1. The van der Waals surface area contributed by atoms with E-state index in [1.165, 1.54) is 13.2 Å². The van der Waals surface area contributed by atoms with Crippen LogP contribution in [0.3, 0.4) is 0 Å². The molecule has 0 saturated carbocycles. The number of hydrogen-bond acceptors (Lipinski definition) is 4. The van der Waals surface area contributed by atoms with Gasteiger partial charge in [-0.1, -0.05) is 24.3 Å². The topological polar surface area (TPSA) is 73.2 Å². The predicted molar refractivity (Wildman–Crippen MR) is 96.1 cm³/mol. The Morgan fingerprint density at radius 3 is 2.80 bits per heavy atom. The first kappa shape index (κ1) is 16.7. The van der Waals surface area contributed by atoms with E-state index < -0.39 is 0 Å². The molecule has 0 atom stereocenters. The number of hydrogen-bond donors (Lipinski definition) is 1. The number of pyridine rings is 2. The maximum Gasteiger partial charge on any atom is 0.270 e. The zero-order chi connectivity index (χ0) is 17.8. The molecule has 2 heterocycles. The second-order valence-electron chi connectivity index (χ2n) is 5.66. The third-order valence-electron chi connectivity index (χ3n) is 4.05. The van der Waals surface area contributed by atoms with Gasteiger partial charge < -0.3 is 14.6 Å². The van der Waals surface area contributed by atoms with Crippen molar-refractivity contribution in [2.24, 2.45) is 0 Å². The van der Waals surface area contributed by atoms with E-state index in [4.69, 9.17) is 4.74 Å². The third kappa shape index (κ3) is 3.52. The molecule has 0 unspecified atom stereocenters. The minimum atomic E-state index is -0.254. The number of nitrogens with one attached hydrogen (secondary N) is 1. The molecule has 6 nitrogen and oxygen atoms in total. The van der Waals surface area contributed by atoms with Gasteiger partial charge in [-0.15, -0.1) is 0 Å². The molecule has 1 amide bonds. The van der Waals surface area contributed by atoms with Gasteiger partial charge in [-0.05, 0) is 24.4 Å². The van der Waals surface area contributed by atoms with E-state index in [9.17, 15) is 9.59 Å². The van der Waals surface area contributed by atoms with Crippen LogP contribution in [0.1, 0.15) is 16.2 Å². The molecule has 3 aromatic rings. The van der Waals surface area contributed by atoms with Crippen LogP contribution in [-0.4, -0.2) is 29.1 Å². The molecule has 25 heavy (non-hydrogen) atoms. The van der Waals surface area contributed by atoms with Gasteiger partial charge in [-0.2, -0.15) is 0 Å². The summed E-state index contributed by atoms with van der Waals surface area (Å²) in [5.74, 6) is 0.277. The van der Waals surface area contributed by atoms with E-state index in [0.717, 1.165) is 16.5 Å². The number of aryl methyl sites for hydroxylation is 1. The molecule has 0 fully saturated rings. The fraction of sp³-hybridized carbons (Fsp3) is 0.211. The van der Waals surface area contributed by atoms with Gasteiger partial charge >= 0.3 is 0 Å². The number of benzene rings is 1. The molecule has 128 valence electrons. The Bertz CT molecular complexity index is 974. The standard InChI is InChI=1S/C19H19N3O3/c1-13-11-15(25-2)12-17(23)22(13)10-9-21-19(24)18-16-6-4-3-5-14(16)7-8-20-18/h3-8,11-12H,9-10H2,1-2H3,(H,21,24). The first-order valence-electron chi connectivity index (χ1n) is 7.97. The normalized spacial score (nSPS) is 10.6. The SMILES string of the molecule is COc1cc(C)n(CCNC(=O)c2nccc3ccccc23)c(=O)c1. The minimum absolute atomic E-state index is 0.158. The van der Waals surface area contributed by atoms with E-state index in [0.29, 0.717) is 24.5 Å². The first-order valence-corrected chi connectivity index (χ1v) is 7.97. The monoisotopic (exact) mass is 337 g/mol. The van der Waals surface area contributed by atoms with Crippen molar-refractivity contribution >= 4 is 16.7 Å². The Kier molecular flexibility index (Phi) is 4.79. The van der Waals surface area contributed by atoms with Crippen molar-refractivity contribution in [1.29, 1.82) is 0 Å². The van der Waals surface area contributed by atoms with E-state index in [-0.39, 0.29) is 11.5 Å². The quantitative estimate of drug-likeness (QED) is 0.774. The van der Waals surface area contributed by atoms with E-state index in [2.05, 4.69) is 10.3 Å². The lowest BCUT2D eigenvalue weighted by Crippen LogP contribution is -2.32. The number of fused-ring (bicyclic) bond motifs is 1. The largest absolute Gasteiger partial charge is 0.496 e. The van der Waals surface area contributed by atoms with Crippen LogP contribution < -0.4 is 15.6 Å². The molecule has 0 bridgehead atoms. The van der Waals surface area contributed by atoms with Crippen molar-refractivity contribution in [2.75, 3.05) is 13.7 Å². The molecule has 0 aliphatic carbocycles. The van der Waals surface area contributed by atoms with Crippen molar-refractivity contribution in [2.45, 2.75) is 13.5 Å². The number of carbonyl (C=O) groups excluding carboxylic acids is 1.